The summed E-state index contributed by atoms with van der Waals surface area (Å²) in [6.07, 6.45) is 0.897. The lowest BCUT2D eigenvalue weighted by Gasteiger charge is -2.40. The Morgan fingerprint density at radius 1 is 0.667 bits per heavy atom. The van der Waals surface area contributed by atoms with Crippen LogP contribution in [0.3, 0.4) is 0 Å². The molecule has 0 aliphatic rings. The van der Waals surface area contributed by atoms with Gasteiger partial charge < -0.3 is 11.1 Å². The zero-order valence-corrected chi connectivity index (χ0v) is 22.6. The van der Waals surface area contributed by atoms with Gasteiger partial charge in [-0.15, -0.1) is 0 Å². The fraction of sp³-hybridized carbons (Fsp3) is 0.235. The number of rotatable bonds is 12. The molecule has 4 aromatic rings. The molecule has 4 rings (SSSR count). The maximum Gasteiger partial charge on any atom is 0.240 e. The highest BCUT2D eigenvalue weighted by atomic mass is 16.2. The highest BCUT2D eigenvalue weighted by Crippen LogP contribution is 2.37. The summed E-state index contributed by atoms with van der Waals surface area (Å²) in [5, 5.41) is 6.77. The Morgan fingerprint density at radius 2 is 1.08 bits per heavy atom. The predicted octanol–water partition coefficient (Wildman–Crippen LogP) is 5.20. The van der Waals surface area contributed by atoms with Crippen LogP contribution in [0.15, 0.2) is 121 Å². The molecule has 39 heavy (non-hydrogen) atoms. The highest BCUT2D eigenvalue weighted by Gasteiger charge is 2.40. The van der Waals surface area contributed by atoms with Gasteiger partial charge in [-0.25, -0.2) is 0 Å². The van der Waals surface area contributed by atoms with Crippen LogP contribution in [0.5, 0.6) is 0 Å². The van der Waals surface area contributed by atoms with Gasteiger partial charge in [-0.05, 0) is 41.0 Å². The van der Waals surface area contributed by atoms with E-state index in [1.807, 2.05) is 98.8 Å². The molecule has 0 saturated heterocycles. The van der Waals surface area contributed by atoms with Gasteiger partial charge >= 0.3 is 0 Å². The average molecular weight is 520 g/mol. The maximum atomic E-state index is 14.0. The van der Waals surface area contributed by atoms with Gasteiger partial charge in [0.15, 0.2) is 0 Å². The second-order valence-electron chi connectivity index (χ2n) is 10.3. The minimum absolute atomic E-state index is 0.195. The lowest BCUT2D eigenvalue weighted by Crippen LogP contribution is -2.58. The van der Waals surface area contributed by atoms with Crippen LogP contribution in [0.4, 0.5) is 0 Å². The van der Waals surface area contributed by atoms with Crippen LogP contribution in [-0.4, -0.2) is 23.9 Å². The summed E-state index contributed by atoms with van der Waals surface area (Å²) in [7, 11) is 0. The third-order valence-corrected chi connectivity index (χ3v) is 6.98. The van der Waals surface area contributed by atoms with Crippen LogP contribution in [0.2, 0.25) is 0 Å². The van der Waals surface area contributed by atoms with Crippen LogP contribution in [0.25, 0.3) is 0 Å². The van der Waals surface area contributed by atoms with E-state index in [2.05, 4.69) is 47.0 Å². The Kier molecular flexibility index (Phi) is 9.29. The molecule has 4 aromatic carbocycles. The molecule has 4 N–H and O–H groups in total. The van der Waals surface area contributed by atoms with Crippen molar-refractivity contribution in [2.75, 3.05) is 0 Å². The molecule has 5 heteroatoms. The monoisotopic (exact) mass is 519 g/mol. The molecular weight excluding hydrogens is 482 g/mol. The van der Waals surface area contributed by atoms with Crippen LogP contribution >= 0.6 is 0 Å². The second kappa shape index (κ2) is 13.0. The Labute approximate surface area is 231 Å². The van der Waals surface area contributed by atoms with Gasteiger partial charge in [-0.2, -0.15) is 0 Å². The molecule has 0 aromatic heterocycles. The van der Waals surface area contributed by atoms with Crippen LogP contribution in [0.1, 0.15) is 42.5 Å². The zero-order valence-electron chi connectivity index (χ0n) is 22.6. The van der Waals surface area contributed by atoms with E-state index in [1.165, 1.54) is 0 Å². The Hall–Kier alpha value is -4.22. The quantitative estimate of drug-likeness (QED) is 0.225. The zero-order chi connectivity index (χ0) is 27.7. The number of hydrogen-bond donors (Lipinski definition) is 3. The Bertz CT molecular complexity index is 1230. The number of nitrogens with two attached hydrogens (primary N) is 1. The second-order valence-corrected chi connectivity index (χ2v) is 10.3. The average Bonchev–Trinajstić information content (AvgIpc) is 2.96. The van der Waals surface area contributed by atoms with Crippen molar-refractivity contribution in [1.29, 1.82) is 0 Å². The first kappa shape index (κ1) is 27.8. The summed E-state index contributed by atoms with van der Waals surface area (Å²) in [5.74, 6) is -0.605. The van der Waals surface area contributed by atoms with Crippen LogP contribution < -0.4 is 16.4 Å². The van der Waals surface area contributed by atoms with E-state index in [0.717, 1.165) is 22.3 Å². The standard InChI is InChI=1S/C34H37N3O2/c1-25(2)23-30(32(35)38)36-33(39)31(24-26-15-7-3-8-16-26)37-34(27-17-9-4-10-18-27,28-19-11-5-12-20-28)29-21-13-6-14-22-29/h3-22,25,30-31,37H,23-24H2,1-2H3,(H2,35,38)(H,36,39). The van der Waals surface area contributed by atoms with Crippen molar-refractivity contribution in [3.63, 3.8) is 0 Å². The fourth-order valence-electron chi connectivity index (χ4n) is 5.12. The van der Waals surface area contributed by atoms with Crippen LogP contribution in [0, 0.1) is 5.92 Å². The van der Waals surface area contributed by atoms with Crippen molar-refractivity contribution in [2.45, 2.75) is 44.3 Å². The van der Waals surface area contributed by atoms with E-state index in [0.29, 0.717) is 12.8 Å². The molecule has 2 unspecified atom stereocenters. The minimum Gasteiger partial charge on any atom is -0.368 e. The van der Waals surface area contributed by atoms with Crippen molar-refractivity contribution < 1.29 is 9.59 Å². The molecule has 0 spiro atoms. The number of primary amides is 1. The van der Waals surface area contributed by atoms with Crippen molar-refractivity contribution in [3.8, 4) is 0 Å². The van der Waals surface area contributed by atoms with Gasteiger partial charge in [-0.3, -0.25) is 14.9 Å². The molecule has 5 nitrogen and oxygen atoms in total. The lowest BCUT2D eigenvalue weighted by atomic mass is 9.76. The van der Waals surface area contributed by atoms with Crippen molar-refractivity contribution >= 4 is 11.8 Å². The van der Waals surface area contributed by atoms with Crippen molar-refractivity contribution in [1.82, 2.24) is 10.6 Å². The number of hydrogen-bond acceptors (Lipinski definition) is 3. The molecule has 0 radical (unpaired) electrons. The number of benzene rings is 4. The summed E-state index contributed by atoms with van der Waals surface area (Å²) in [6, 6.07) is 39.0. The van der Waals surface area contributed by atoms with Gasteiger partial charge in [0, 0.05) is 0 Å². The summed E-state index contributed by atoms with van der Waals surface area (Å²) < 4.78 is 0. The lowest BCUT2D eigenvalue weighted by molar-refractivity contribution is -0.129. The third kappa shape index (κ3) is 6.81. The maximum absolute atomic E-state index is 14.0. The SMILES string of the molecule is CC(C)CC(NC(=O)C(Cc1ccccc1)NC(c1ccccc1)(c1ccccc1)c1ccccc1)C(N)=O. The van der Waals surface area contributed by atoms with E-state index in [4.69, 9.17) is 5.73 Å². The first-order valence-electron chi connectivity index (χ1n) is 13.5. The first-order chi connectivity index (χ1) is 18.9. The molecule has 200 valence electrons. The van der Waals surface area contributed by atoms with E-state index in [9.17, 15) is 9.59 Å². The summed E-state index contributed by atoms with van der Waals surface area (Å²) in [5.41, 5.74) is 8.88. The summed E-state index contributed by atoms with van der Waals surface area (Å²) in [4.78, 5) is 26.3. The third-order valence-electron chi connectivity index (χ3n) is 6.98. The fourth-order valence-corrected chi connectivity index (χ4v) is 5.12. The molecule has 0 bridgehead atoms. The predicted molar refractivity (Wildman–Crippen MR) is 157 cm³/mol. The molecular formula is C34H37N3O2. The Balaban J connectivity index is 1.86. The largest absolute Gasteiger partial charge is 0.368 e. The Morgan fingerprint density at radius 3 is 1.46 bits per heavy atom. The molecule has 0 aliphatic carbocycles. The van der Waals surface area contributed by atoms with Crippen molar-refractivity contribution in [3.05, 3.63) is 144 Å². The molecule has 0 fully saturated rings. The number of amides is 2. The van der Waals surface area contributed by atoms with Gasteiger partial charge in [-0.1, -0.05) is 135 Å². The van der Waals surface area contributed by atoms with Crippen molar-refractivity contribution in [2.24, 2.45) is 11.7 Å². The smallest absolute Gasteiger partial charge is 0.240 e. The topological polar surface area (TPSA) is 84.2 Å². The van der Waals surface area contributed by atoms with E-state index in [1.54, 1.807) is 0 Å². The summed E-state index contributed by atoms with van der Waals surface area (Å²) >= 11 is 0. The summed E-state index contributed by atoms with van der Waals surface area (Å²) in [6.45, 7) is 4.01. The van der Waals surface area contributed by atoms with E-state index >= 15 is 0 Å². The van der Waals surface area contributed by atoms with Crippen LogP contribution in [-0.2, 0) is 21.5 Å². The highest BCUT2D eigenvalue weighted by molar-refractivity contribution is 5.89. The molecule has 0 heterocycles. The molecule has 0 aliphatic heterocycles. The number of nitrogens with one attached hydrogen (secondary N) is 2. The minimum atomic E-state index is -0.846. The number of carbonyl (C=O) groups is 2. The van der Waals surface area contributed by atoms with E-state index < -0.39 is 23.5 Å². The van der Waals surface area contributed by atoms with Gasteiger partial charge in [0.05, 0.1) is 11.6 Å². The van der Waals surface area contributed by atoms with E-state index in [-0.39, 0.29) is 11.8 Å². The van der Waals surface area contributed by atoms with Gasteiger partial charge in [0.25, 0.3) is 0 Å². The molecule has 2 atom stereocenters. The normalized spacial score (nSPS) is 13.0. The van der Waals surface area contributed by atoms with Gasteiger partial charge in [0.2, 0.25) is 11.8 Å². The van der Waals surface area contributed by atoms with Gasteiger partial charge in [0.1, 0.15) is 6.04 Å². The first-order valence-corrected chi connectivity index (χ1v) is 13.5. The molecule has 2 amide bonds. The number of carbonyl (C=O) groups excluding carboxylic acids is 2. The molecule has 0 saturated carbocycles.